The third-order valence-electron chi connectivity index (χ3n) is 6.51. The predicted molar refractivity (Wildman–Crippen MR) is 149 cm³/mol. The Kier molecular flexibility index (Phi) is 8.24. The molecule has 0 atom stereocenters. The fourth-order valence-corrected chi connectivity index (χ4v) is 5.53. The fraction of sp³-hybridized carbons (Fsp3) is 0.276. The number of aryl methyl sites for hydroxylation is 1. The second-order valence-electron chi connectivity index (χ2n) is 9.33. The van der Waals surface area contributed by atoms with Crippen LogP contribution in [0.1, 0.15) is 29.9 Å². The van der Waals surface area contributed by atoms with Gasteiger partial charge in [0.25, 0.3) is 0 Å². The lowest BCUT2D eigenvalue weighted by Crippen LogP contribution is -2.37. The van der Waals surface area contributed by atoms with Gasteiger partial charge in [-0.25, -0.2) is 0 Å². The number of anilines is 1. The molecule has 1 fully saturated rings. The zero-order chi connectivity index (χ0) is 25.6. The van der Waals surface area contributed by atoms with E-state index in [4.69, 9.17) is 16.1 Å². The first-order valence-corrected chi connectivity index (χ1v) is 13.8. The number of hydrogen-bond donors (Lipinski definition) is 1. The van der Waals surface area contributed by atoms with Crippen LogP contribution < -0.4 is 5.32 Å². The topological polar surface area (TPSA) is 71.3 Å². The molecule has 1 amide bonds. The van der Waals surface area contributed by atoms with Gasteiger partial charge in [0.2, 0.25) is 17.6 Å². The largest absolute Gasteiger partial charge is 0.338 e. The predicted octanol–water partition coefficient (Wildman–Crippen LogP) is 6.84. The lowest BCUT2D eigenvalue weighted by atomic mass is 9.96. The van der Waals surface area contributed by atoms with Gasteiger partial charge in [0.1, 0.15) is 0 Å². The number of aromatic nitrogens is 2. The van der Waals surface area contributed by atoms with Gasteiger partial charge in [-0.15, -0.1) is 11.8 Å². The molecule has 5 rings (SSSR count). The van der Waals surface area contributed by atoms with Crippen molar-refractivity contribution < 1.29 is 9.32 Å². The number of thioether (sulfide) groups is 1. The standard InChI is InChI=1S/C29H29ClN4O2S/c1-20-5-4-6-23(17-20)28-32-27(36-33-28)18-34-15-13-22(14-16-34)29(35)31-25-7-2-3-8-26(25)37-19-21-9-11-24(30)12-10-21/h2-12,17,22H,13-16,18-19H2,1H3,(H,31,35). The molecule has 190 valence electrons. The number of hydrogen-bond acceptors (Lipinski definition) is 6. The maximum Gasteiger partial charge on any atom is 0.241 e. The zero-order valence-electron chi connectivity index (χ0n) is 20.7. The summed E-state index contributed by atoms with van der Waals surface area (Å²) in [5, 5.41) is 8.05. The summed E-state index contributed by atoms with van der Waals surface area (Å²) in [6.07, 6.45) is 1.59. The van der Waals surface area contributed by atoms with E-state index in [1.54, 1.807) is 11.8 Å². The summed E-state index contributed by atoms with van der Waals surface area (Å²) < 4.78 is 5.50. The first-order chi connectivity index (χ1) is 18.0. The number of halogens is 1. The van der Waals surface area contributed by atoms with Crippen LogP contribution in [0.4, 0.5) is 5.69 Å². The van der Waals surface area contributed by atoms with E-state index in [2.05, 4.69) is 20.4 Å². The van der Waals surface area contributed by atoms with Crippen molar-refractivity contribution in [3.63, 3.8) is 0 Å². The van der Waals surface area contributed by atoms with Gasteiger partial charge in [0.15, 0.2) is 0 Å². The molecule has 1 aliphatic heterocycles. The molecule has 8 heteroatoms. The SMILES string of the molecule is Cc1cccc(-c2noc(CN3CCC(C(=O)Nc4ccccc4SCc4ccc(Cl)cc4)CC3)n2)c1. The number of amides is 1. The van der Waals surface area contributed by atoms with Crippen LogP contribution >= 0.6 is 23.4 Å². The zero-order valence-corrected chi connectivity index (χ0v) is 22.3. The third kappa shape index (κ3) is 6.80. The second-order valence-corrected chi connectivity index (χ2v) is 10.8. The lowest BCUT2D eigenvalue weighted by Gasteiger charge is -2.30. The van der Waals surface area contributed by atoms with Crippen LogP contribution in [0.2, 0.25) is 5.02 Å². The Morgan fingerprint density at radius 1 is 1.08 bits per heavy atom. The Morgan fingerprint density at radius 2 is 1.86 bits per heavy atom. The van der Waals surface area contributed by atoms with Crippen LogP contribution in [0.3, 0.4) is 0 Å². The molecule has 1 saturated heterocycles. The van der Waals surface area contributed by atoms with E-state index in [9.17, 15) is 4.79 Å². The molecule has 1 aliphatic rings. The van der Waals surface area contributed by atoms with Crippen molar-refractivity contribution >= 4 is 35.0 Å². The summed E-state index contributed by atoms with van der Waals surface area (Å²) in [4.78, 5) is 21.0. The van der Waals surface area contributed by atoms with Gasteiger partial charge in [-0.05, 0) is 68.8 Å². The number of rotatable bonds is 8. The minimum absolute atomic E-state index is 0.0175. The summed E-state index contributed by atoms with van der Waals surface area (Å²) in [7, 11) is 0. The van der Waals surface area contributed by atoms with Crippen molar-refractivity contribution in [2.24, 2.45) is 5.92 Å². The van der Waals surface area contributed by atoms with E-state index in [1.165, 1.54) is 5.56 Å². The molecule has 0 aliphatic carbocycles. The number of piperidine rings is 1. The number of nitrogens with zero attached hydrogens (tertiary/aromatic N) is 3. The van der Waals surface area contributed by atoms with Crippen LogP contribution in [0.25, 0.3) is 11.4 Å². The quantitative estimate of drug-likeness (QED) is 0.250. The van der Waals surface area contributed by atoms with Crippen molar-refractivity contribution in [3.05, 3.63) is 94.8 Å². The molecular weight excluding hydrogens is 504 g/mol. The Hall–Kier alpha value is -3.13. The summed E-state index contributed by atoms with van der Waals surface area (Å²) in [6, 6.07) is 23.9. The van der Waals surface area contributed by atoms with Crippen molar-refractivity contribution in [2.45, 2.75) is 37.0 Å². The summed E-state index contributed by atoms with van der Waals surface area (Å²) in [5.74, 6) is 2.09. The highest BCUT2D eigenvalue weighted by Crippen LogP contribution is 2.31. The van der Waals surface area contributed by atoms with E-state index >= 15 is 0 Å². The average molecular weight is 533 g/mol. The van der Waals surface area contributed by atoms with E-state index < -0.39 is 0 Å². The molecule has 1 aromatic heterocycles. The Balaban J connectivity index is 1.12. The second kappa shape index (κ2) is 11.9. The molecule has 1 N–H and O–H groups in total. The molecule has 0 bridgehead atoms. The van der Waals surface area contributed by atoms with Gasteiger partial charge >= 0.3 is 0 Å². The molecule has 37 heavy (non-hydrogen) atoms. The van der Waals surface area contributed by atoms with Gasteiger partial charge in [-0.2, -0.15) is 4.98 Å². The van der Waals surface area contributed by atoms with E-state index in [1.807, 2.05) is 79.7 Å². The van der Waals surface area contributed by atoms with E-state index in [0.717, 1.165) is 58.4 Å². The van der Waals surface area contributed by atoms with Crippen LogP contribution in [-0.2, 0) is 17.1 Å². The maximum absolute atomic E-state index is 13.1. The van der Waals surface area contributed by atoms with Gasteiger partial charge in [-0.3, -0.25) is 9.69 Å². The molecular formula is C29H29ClN4O2S. The highest BCUT2D eigenvalue weighted by molar-refractivity contribution is 7.98. The van der Waals surface area contributed by atoms with E-state index in [-0.39, 0.29) is 11.8 Å². The molecule has 0 radical (unpaired) electrons. The first-order valence-electron chi connectivity index (χ1n) is 12.4. The van der Waals surface area contributed by atoms with Crippen LogP contribution in [0.5, 0.6) is 0 Å². The smallest absolute Gasteiger partial charge is 0.241 e. The number of para-hydroxylation sites is 1. The number of nitrogens with one attached hydrogen (secondary N) is 1. The number of carbonyl (C=O) groups is 1. The lowest BCUT2D eigenvalue weighted by molar-refractivity contribution is -0.121. The minimum atomic E-state index is -0.0175. The van der Waals surface area contributed by atoms with Crippen molar-refractivity contribution in [2.75, 3.05) is 18.4 Å². The fourth-order valence-electron chi connectivity index (χ4n) is 4.44. The first kappa shape index (κ1) is 25.5. The molecule has 0 unspecified atom stereocenters. The third-order valence-corrected chi connectivity index (χ3v) is 7.91. The van der Waals surface area contributed by atoms with Crippen molar-refractivity contribution in [1.29, 1.82) is 0 Å². The molecule has 0 saturated carbocycles. The average Bonchev–Trinajstić information content (AvgIpc) is 3.38. The molecule has 4 aromatic rings. The highest BCUT2D eigenvalue weighted by atomic mass is 35.5. The number of benzene rings is 3. The van der Waals surface area contributed by atoms with Crippen LogP contribution in [0.15, 0.2) is 82.2 Å². The Bertz CT molecular complexity index is 1350. The number of likely N-dealkylation sites (tertiary alicyclic amines) is 1. The normalized spacial score (nSPS) is 14.5. The van der Waals surface area contributed by atoms with Gasteiger partial charge in [-0.1, -0.05) is 64.8 Å². The summed E-state index contributed by atoms with van der Waals surface area (Å²) >= 11 is 7.70. The highest BCUT2D eigenvalue weighted by Gasteiger charge is 2.26. The minimum Gasteiger partial charge on any atom is -0.338 e. The van der Waals surface area contributed by atoms with E-state index in [0.29, 0.717) is 18.3 Å². The molecule has 3 aromatic carbocycles. The summed E-state index contributed by atoms with van der Waals surface area (Å²) in [5.41, 5.74) is 4.17. The Labute approximate surface area is 226 Å². The molecule has 2 heterocycles. The number of carbonyl (C=O) groups excluding carboxylic acids is 1. The van der Waals surface area contributed by atoms with Gasteiger partial charge in [0.05, 0.1) is 12.2 Å². The van der Waals surface area contributed by atoms with Crippen molar-refractivity contribution in [1.82, 2.24) is 15.0 Å². The monoisotopic (exact) mass is 532 g/mol. The molecule has 6 nitrogen and oxygen atoms in total. The van der Waals surface area contributed by atoms with Gasteiger partial charge < -0.3 is 9.84 Å². The Morgan fingerprint density at radius 3 is 2.65 bits per heavy atom. The van der Waals surface area contributed by atoms with Crippen LogP contribution in [-0.4, -0.2) is 34.0 Å². The van der Waals surface area contributed by atoms with Crippen LogP contribution in [0, 0.1) is 12.8 Å². The maximum atomic E-state index is 13.1. The van der Waals surface area contributed by atoms with Crippen molar-refractivity contribution in [3.8, 4) is 11.4 Å². The van der Waals surface area contributed by atoms with Gasteiger partial charge in [0, 0.05) is 27.2 Å². The summed E-state index contributed by atoms with van der Waals surface area (Å²) in [6.45, 7) is 4.27. The molecule has 0 spiro atoms.